The molecule has 1 aliphatic rings. The highest BCUT2D eigenvalue weighted by atomic mass is 16.3. The van der Waals surface area contributed by atoms with E-state index in [1.54, 1.807) is 6.07 Å². The molecule has 0 amide bonds. The first-order chi connectivity index (χ1) is 8.63. The summed E-state index contributed by atoms with van der Waals surface area (Å²) in [5.41, 5.74) is 1.10. The summed E-state index contributed by atoms with van der Waals surface area (Å²) in [5.74, 6) is 0. The number of hydrogen-bond donors (Lipinski definition) is 1. The van der Waals surface area contributed by atoms with Crippen LogP contribution in [-0.4, -0.2) is 24.3 Å². The van der Waals surface area contributed by atoms with E-state index in [9.17, 15) is 5.11 Å². The number of nitriles is 1. The summed E-state index contributed by atoms with van der Waals surface area (Å²) in [6.07, 6.45) is 5.23. The summed E-state index contributed by atoms with van der Waals surface area (Å²) < 4.78 is 0. The van der Waals surface area contributed by atoms with Crippen LogP contribution >= 0.6 is 0 Å². The van der Waals surface area contributed by atoms with Crippen LogP contribution in [0.25, 0.3) is 0 Å². The standard InChI is InChI=1S/C15H20N2O/c1-17(12-15(18)8-3-2-4-9-15)14-7-5-6-13(10-14)11-16/h5-7,10,18H,2-4,8-9,12H2,1H3. The quantitative estimate of drug-likeness (QED) is 0.889. The number of benzene rings is 1. The highest BCUT2D eigenvalue weighted by molar-refractivity contribution is 5.51. The zero-order valence-electron chi connectivity index (χ0n) is 10.9. The van der Waals surface area contributed by atoms with Gasteiger partial charge in [0, 0.05) is 19.3 Å². The maximum atomic E-state index is 10.5. The maximum absolute atomic E-state index is 10.5. The molecule has 0 heterocycles. The van der Waals surface area contributed by atoms with Crippen LogP contribution in [0.4, 0.5) is 5.69 Å². The van der Waals surface area contributed by atoms with Gasteiger partial charge in [0.2, 0.25) is 0 Å². The van der Waals surface area contributed by atoms with E-state index in [0.29, 0.717) is 12.1 Å². The van der Waals surface area contributed by atoms with E-state index in [4.69, 9.17) is 5.26 Å². The SMILES string of the molecule is CN(CC1(O)CCCCC1)c1cccc(C#N)c1. The first-order valence-electron chi connectivity index (χ1n) is 6.57. The van der Waals surface area contributed by atoms with Crippen molar-refractivity contribution in [2.75, 3.05) is 18.5 Å². The van der Waals surface area contributed by atoms with Gasteiger partial charge in [0.05, 0.1) is 17.2 Å². The molecule has 0 atom stereocenters. The lowest BCUT2D eigenvalue weighted by atomic mass is 9.84. The zero-order chi connectivity index (χ0) is 13.0. The van der Waals surface area contributed by atoms with E-state index >= 15 is 0 Å². The minimum Gasteiger partial charge on any atom is -0.388 e. The molecular formula is C15H20N2O. The third kappa shape index (κ3) is 3.02. The molecule has 0 aliphatic heterocycles. The van der Waals surface area contributed by atoms with Crippen molar-refractivity contribution in [1.82, 2.24) is 0 Å². The fourth-order valence-electron chi connectivity index (χ4n) is 2.71. The molecular weight excluding hydrogens is 224 g/mol. The van der Waals surface area contributed by atoms with Crippen molar-refractivity contribution in [3.63, 3.8) is 0 Å². The van der Waals surface area contributed by atoms with Gasteiger partial charge < -0.3 is 10.0 Å². The lowest BCUT2D eigenvalue weighted by molar-refractivity contribution is 0.0119. The molecule has 0 aromatic heterocycles. The second kappa shape index (κ2) is 5.41. The Morgan fingerprint density at radius 1 is 1.33 bits per heavy atom. The van der Waals surface area contributed by atoms with Crippen LogP contribution in [0, 0.1) is 11.3 Å². The van der Waals surface area contributed by atoms with Crippen molar-refractivity contribution in [3.8, 4) is 6.07 Å². The summed E-state index contributed by atoms with van der Waals surface area (Å²) in [6.45, 7) is 0.641. The molecule has 1 aromatic carbocycles. The van der Waals surface area contributed by atoms with Crippen LogP contribution in [-0.2, 0) is 0 Å². The lowest BCUT2D eigenvalue weighted by Gasteiger charge is -2.36. The highest BCUT2D eigenvalue weighted by Crippen LogP contribution is 2.29. The molecule has 1 fully saturated rings. The van der Waals surface area contributed by atoms with Gasteiger partial charge in [-0.25, -0.2) is 0 Å². The minimum atomic E-state index is -0.560. The minimum absolute atomic E-state index is 0.560. The summed E-state index contributed by atoms with van der Waals surface area (Å²) in [5, 5.41) is 19.4. The van der Waals surface area contributed by atoms with Gasteiger partial charge in [0.15, 0.2) is 0 Å². The molecule has 0 saturated heterocycles. The van der Waals surface area contributed by atoms with Gasteiger partial charge >= 0.3 is 0 Å². The molecule has 0 unspecified atom stereocenters. The van der Waals surface area contributed by atoms with Crippen LogP contribution in [0.3, 0.4) is 0 Å². The van der Waals surface area contributed by atoms with Gasteiger partial charge in [-0.15, -0.1) is 0 Å². The van der Waals surface area contributed by atoms with Crippen molar-refractivity contribution >= 4 is 5.69 Å². The summed E-state index contributed by atoms with van der Waals surface area (Å²) in [7, 11) is 1.98. The molecule has 0 radical (unpaired) electrons. The molecule has 1 saturated carbocycles. The van der Waals surface area contributed by atoms with E-state index in [2.05, 4.69) is 6.07 Å². The molecule has 1 N–H and O–H groups in total. The van der Waals surface area contributed by atoms with Crippen LogP contribution < -0.4 is 4.90 Å². The van der Waals surface area contributed by atoms with Crippen molar-refractivity contribution in [1.29, 1.82) is 5.26 Å². The van der Waals surface area contributed by atoms with Gasteiger partial charge in [-0.3, -0.25) is 0 Å². The first kappa shape index (κ1) is 12.9. The second-order valence-electron chi connectivity index (χ2n) is 5.30. The van der Waals surface area contributed by atoms with E-state index in [1.807, 2.05) is 30.1 Å². The van der Waals surface area contributed by atoms with Crippen LogP contribution in [0.2, 0.25) is 0 Å². The molecule has 2 rings (SSSR count). The molecule has 96 valence electrons. The van der Waals surface area contributed by atoms with Gasteiger partial charge in [-0.1, -0.05) is 25.3 Å². The number of aliphatic hydroxyl groups is 1. The number of nitrogens with zero attached hydrogens (tertiary/aromatic N) is 2. The predicted octanol–water partition coefficient (Wildman–Crippen LogP) is 2.69. The number of hydrogen-bond acceptors (Lipinski definition) is 3. The average Bonchev–Trinajstić information content (AvgIpc) is 2.39. The Hall–Kier alpha value is -1.53. The molecule has 18 heavy (non-hydrogen) atoms. The Balaban J connectivity index is 2.06. The zero-order valence-corrected chi connectivity index (χ0v) is 10.9. The topological polar surface area (TPSA) is 47.3 Å². The number of anilines is 1. The molecule has 0 bridgehead atoms. The van der Waals surface area contributed by atoms with Crippen molar-refractivity contribution in [3.05, 3.63) is 29.8 Å². The largest absolute Gasteiger partial charge is 0.388 e. The third-order valence-electron chi connectivity index (χ3n) is 3.73. The smallest absolute Gasteiger partial charge is 0.0992 e. The number of rotatable bonds is 3. The Morgan fingerprint density at radius 2 is 2.06 bits per heavy atom. The van der Waals surface area contributed by atoms with Gasteiger partial charge in [-0.2, -0.15) is 5.26 Å². The van der Waals surface area contributed by atoms with Crippen LogP contribution in [0.1, 0.15) is 37.7 Å². The van der Waals surface area contributed by atoms with E-state index < -0.39 is 5.60 Å². The highest BCUT2D eigenvalue weighted by Gasteiger charge is 2.30. The van der Waals surface area contributed by atoms with Crippen molar-refractivity contribution in [2.45, 2.75) is 37.7 Å². The molecule has 1 aromatic rings. The van der Waals surface area contributed by atoms with Gasteiger partial charge in [0.1, 0.15) is 0 Å². The summed E-state index contributed by atoms with van der Waals surface area (Å²) in [4.78, 5) is 2.05. The Kier molecular flexibility index (Phi) is 3.88. The Bertz CT molecular complexity index is 444. The number of likely N-dealkylation sites (N-methyl/N-ethyl adjacent to an activating group) is 1. The van der Waals surface area contributed by atoms with E-state index in [-0.39, 0.29) is 0 Å². The predicted molar refractivity (Wildman–Crippen MR) is 72.5 cm³/mol. The first-order valence-corrected chi connectivity index (χ1v) is 6.57. The van der Waals surface area contributed by atoms with Gasteiger partial charge in [0.25, 0.3) is 0 Å². The van der Waals surface area contributed by atoms with Crippen molar-refractivity contribution in [2.24, 2.45) is 0 Å². The second-order valence-corrected chi connectivity index (χ2v) is 5.30. The Labute approximate surface area is 109 Å². The molecule has 3 heteroatoms. The van der Waals surface area contributed by atoms with Crippen molar-refractivity contribution < 1.29 is 5.11 Å². The van der Waals surface area contributed by atoms with E-state index in [0.717, 1.165) is 31.4 Å². The monoisotopic (exact) mass is 244 g/mol. The normalized spacial score (nSPS) is 18.1. The van der Waals surface area contributed by atoms with E-state index in [1.165, 1.54) is 6.42 Å². The molecule has 3 nitrogen and oxygen atoms in total. The maximum Gasteiger partial charge on any atom is 0.0992 e. The summed E-state index contributed by atoms with van der Waals surface area (Å²) >= 11 is 0. The van der Waals surface area contributed by atoms with Crippen LogP contribution in [0.15, 0.2) is 24.3 Å². The molecule has 1 aliphatic carbocycles. The van der Waals surface area contributed by atoms with Crippen LogP contribution in [0.5, 0.6) is 0 Å². The fraction of sp³-hybridized carbons (Fsp3) is 0.533. The molecule has 0 spiro atoms. The fourth-order valence-corrected chi connectivity index (χ4v) is 2.71. The lowest BCUT2D eigenvalue weighted by Crippen LogP contribution is -2.43. The Morgan fingerprint density at radius 3 is 2.72 bits per heavy atom. The average molecular weight is 244 g/mol. The third-order valence-corrected chi connectivity index (χ3v) is 3.73. The van der Waals surface area contributed by atoms with Gasteiger partial charge in [-0.05, 0) is 31.0 Å². The summed E-state index contributed by atoms with van der Waals surface area (Å²) in [6, 6.07) is 9.68.